The molecule has 1 N–H and O–H groups in total. The van der Waals surface area contributed by atoms with Crippen LogP contribution in [0.5, 0.6) is 0 Å². The number of carbonyl (C=O) groups excluding carboxylic acids is 1. The monoisotopic (exact) mass is 270 g/mol. The van der Waals surface area contributed by atoms with Gasteiger partial charge in [-0.3, -0.25) is 14.2 Å². The number of likely N-dealkylation sites (tertiary alicyclic amines) is 1. The van der Waals surface area contributed by atoms with Crippen molar-refractivity contribution < 1.29 is 14.7 Å². The minimum Gasteiger partial charge on any atom is -0.480 e. The van der Waals surface area contributed by atoms with Crippen molar-refractivity contribution in [2.75, 3.05) is 6.54 Å². The summed E-state index contributed by atoms with van der Waals surface area (Å²) in [5.74, 6) is -1.28. The fourth-order valence-corrected chi connectivity index (χ4v) is 2.88. The average molecular weight is 270 g/mol. The number of carbonyl (C=O) groups is 2. The number of nitrogens with zero attached hydrogens (tertiary/aromatic N) is 2. The van der Waals surface area contributed by atoms with Crippen molar-refractivity contribution in [2.24, 2.45) is 0 Å². The van der Waals surface area contributed by atoms with E-state index < -0.39 is 12.0 Å². The van der Waals surface area contributed by atoms with E-state index in [-0.39, 0.29) is 17.3 Å². The Labute approximate surface area is 107 Å². The van der Waals surface area contributed by atoms with Gasteiger partial charge in [0, 0.05) is 17.6 Å². The van der Waals surface area contributed by atoms with Gasteiger partial charge in [0.1, 0.15) is 12.6 Å². The van der Waals surface area contributed by atoms with Crippen molar-refractivity contribution in [3.63, 3.8) is 0 Å². The van der Waals surface area contributed by atoms with E-state index in [0.29, 0.717) is 19.4 Å². The number of thiazole rings is 1. The first-order chi connectivity index (χ1) is 8.50. The molecule has 1 amide bonds. The molecule has 1 aromatic rings. The van der Waals surface area contributed by atoms with Crippen LogP contribution in [0.25, 0.3) is 0 Å². The van der Waals surface area contributed by atoms with Gasteiger partial charge in [-0.1, -0.05) is 11.3 Å². The molecular weight excluding hydrogens is 256 g/mol. The molecule has 1 aliphatic heterocycles. The summed E-state index contributed by atoms with van der Waals surface area (Å²) in [6.45, 7) is 2.13. The van der Waals surface area contributed by atoms with E-state index in [0.717, 1.165) is 17.0 Å². The Bertz CT molecular complexity index is 533. The number of rotatable bonds is 3. The SMILES string of the molecule is Cc1csc(=O)n1CC(=O)N1CCC[C@@H]1C(=O)O. The lowest BCUT2D eigenvalue weighted by molar-refractivity contribution is -0.148. The number of aromatic nitrogens is 1. The first-order valence-corrected chi connectivity index (χ1v) is 6.56. The second kappa shape index (κ2) is 4.93. The number of aryl methyl sites for hydroxylation is 1. The van der Waals surface area contributed by atoms with Crippen LogP contribution in [0.3, 0.4) is 0 Å². The minimum absolute atomic E-state index is 0.0715. The number of carboxylic acids is 1. The third-order valence-electron chi connectivity index (χ3n) is 3.13. The van der Waals surface area contributed by atoms with Crippen LogP contribution in [0.15, 0.2) is 10.2 Å². The molecular formula is C11H14N2O4S. The average Bonchev–Trinajstić information content (AvgIpc) is 2.90. The van der Waals surface area contributed by atoms with E-state index in [2.05, 4.69) is 0 Å². The van der Waals surface area contributed by atoms with Crippen molar-refractivity contribution in [1.82, 2.24) is 9.47 Å². The molecule has 0 saturated carbocycles. The van der Waals surface area contributed by atoms with Gasteiger partial charge < -0.3 is 10.0 Å². The molecule has 0 unspecified atom stereocenters. The molecule has 1 saturated heterocycles. The second-order valence-corrected chi connectivity index (χ2v) is 5.13. The van der Waals surface area contributed by atoms with Gasteiger partial charge in [0.2, 0.25) is 5.91 Å². The zero-order valence-electron chi connectivity index (χ0n) is 9.96. The highest BCUT2D eigenvalue weighted by atomic mass is 32.1. The molecule has 0 bridgehead atoms. The molecule has 2 rings (SSSR count). The van der Waals surface area contributed by atoms with Crippen molar-refractivity contribution in [3.05, 3.63) is 20.7 Å². The maximum Gasteiger partial charge on any atom is 0.326 e. The van der Waals surface area contributed by atoms with Gasteiger partial charge in [0.05, 0.1) is 0 Å². The topological polar surface area (TPSA) is 79.6 Å². The lowest BCUT2D eigenvalue weighted by atomic mass is 10.2. The van der Waals surface area contributed by atoms with E-state index in [1.807, 2.05) is 0 Å². The van der Waals surface area contributed by atoms with Crippen molar-refractivity contribution in [2.45, 2.75) is 32.4 Å². The molecule has 1 fully saturated rings. The fourth-order valence-electron chi connectivity index (χ4n) is 2.14. The Kier molecular flexibility index (Phi) is 3.51. The Morgan fingerprint density at radius 1 is 1.56 bits per heavy atom. The van der Waals surface area contributed by atoms with Gasteiger partial charge in [-0.2, -0.15) is 0 Å². The number of hydrogen-bond donors (Lipinski definition) is 1. The maximum absolute atomic E-state index is 12.0. The van der Waals surface area contributed by atoms with E-state index in [1.54, 1.807) is 12.3 Å². The first-order valence-electron chi connectivity index (χ1n) is 5.68. The van der Waals surface area contributed by atoms with Gasteiger partial charge in [0.25, 0.3) is 0 Å². The number of carboxylic acid groups (broad SMARTS) is 1. The largest absolute Gasteiger partial charge is 0.480 e. The van der Waals surface area contributed by atoms with Gasteiger partial charge in [0.15, 0.2) is 0 Å². The van der Waals surface area contributed by atoms with Gasteiger partial charge in [-0.15, -0.1) is 0 Å². The third-order valence-corrected chi connectivity index (χ3v) is 4.01. The molecule has 0 aliphatic carbocycles. The molecule has 98 valence electrons. The summed E-state index contributed by atoms with van der Waals surface area (Å²) in [7, 11) is 0. The van der Waals surface area contributed by atoms with Crippen LogP contribution >= 0.6 is 11.3 Å². The van der Waals surface area contributed by atoms with Crippen LogP contribution in [-0.2, 0) is 16.1 Å². The number of aliphatic carboxylic acids is 1. The molecule has 1 aromatic heterocycles. The minimum atomic E-state index is -0.977. The van der Waals surface area contributed by atoms with E-state index in [4.69, 9.17) is 5.11 Å². The summed E-state index contributed by atoms with van der Waals surface area (Å²) in [5, 5.41) is 10.7. The molecule has 0 aromatic carbocycles. The van der Waals surface area contributed by atoms with E-state index in [9.17, 15) is 14.4 Å². The standard InChI is InChI=1S/C11H14N2O4S/c1-7-6-18-11(17)13(7)5-9(14)12-4-2-3-8(12)10(15)16/h6,8H,2-5H2,1H3,(H,15,16)/t8-/m1/s1. The predicted octanol–water partition coefficient (Wildman–Crippen LogP) is 0.294. The zero-order chi connectivity index (χ0) is 13.3. The fraction of sp³-hybridized carbons (Fsp3) is 0.545. The van der Waals surface area contributed by atoms with Crippen LogP contribution in [0.2, 0.25) is 0 Å². The third kappa shape index (κ3) is 2.31. The smallest absolute Gasteiger partial charge is 0.326 e. The summed E-state index contributed by atoms with van der Waals surface area (Å²) >= 11 is 1.04. The van der Waals surface area contributed by atoms with Crippen molar-refractivity contribution in [3.8, 4) is 0 Å². The molecule has 7 heteroatoms. The second-order valence-electron chi connectivity index (χ2n) is 4.31. The Morgan fingerprint density at radius 3 is 2.83 bits per heavy atom. The van der Waals surface area contributed by atoms with E-state index >= 15 is 0 Å². The molecule has 2 heterocycles. The summed E-state index contributed by atoms with van der Waals surface area (Å²) in [5.41, 5.74) is 0.726. The van der Waals surface area contributed by atoms with Crippen molar-refractivity contribution in [1.29, 1.82) is 0 Å². The van der Waals surface area contributed by atoms with Gasteiger partial charge in [-0.05, 0) is 19.8 Å². The highest BCUT2D eigenvalue weighted by Gasteiger charge is 2.34. The Morgan fingerprint density at radius 2 is 2.28 bits per heavy atom. The van der Waals surface area contributed by atoms with Gasteiger partial charge in [-0.25, -0.2) is 4.79 Å². The number of amides is 1. The molecule has 0 radical (unpaired) electrons. The summed E-state index contributed by atoms with van der Waals surface area (Å²) in [6, 6.07) is -0.743. The van der Waals surface area contributed by atoms with Crippen molar-refractivity contribution >= 4 is 23.2 Å². The van der Waals surface area contributed by atoms with Crippen LogP contribution < -0.4 is 4.87 Å². The first kappa shape index (κ1) is 12.8. The normalized spacial score (nSPS) is 19.2. The molecule has 18 heavy (non-hydrogen) atoms. The summed E-state index contributed by atoms with van der Waals surface area (Å²) < 4.78 is 1.38. The molecule has 6 nitrogen and oxygen atoms in total. The summed E-state index contributed by atoms with van der Waals surface area (Å²) in [4.78, 5) is 35.7. The zero-order valence-corrected chi connectivity index (χ0v) is 10.8. The maximum atomic E-state index is 12.0. The lowest BCUT2D eigenvalue weighted by Gasteiger charge is -2.21. The Balaban J connectivity index is 2.13. The van der Waals surface area contributed by atoms with Gasteiger partial charge >= 0.3 is 10.8 Å². The lowest BCUT2D eigenvalue weighted by Crippen LogP contribution is -2.42. The molecule has 1 atom stereocenters. The van der Waals surface area contributed by atoms with Crippen LogP contribution in [0.1, 0.15) is 18.5 Å². The van der Waals surface area contributed by atoms with Crippen LogP contribution in [0.4, 0.5) is 0 Å². The highest BCUT2D eigenvalue weighted by Crippen LogP contribution is 2.18. The van der Waals surface area contributed by atoms with Crippen LogP contribution in [0, 0.1) is 6.92 Å². The summed E-state index contributed by atoms with van der Waals surface area (Å²) in [6.07, 6.45) is 1.18. The van der Waals surface area contributed by atoms with E-state index in [1.165, 1.54) is 9.47 Å². The Hall–Kier alpha value is -1.63. The predicted molar refractivity (Wildman–Crippen MR) is 65.7 cm³/mol. The quantitative estimate of drug-likeness (QED) is 0.856. The highest BCUT2D eigenvalue weighted by molar-refractivity contribution is 7.07. The van der Waals surface area contributed by atoms with Crippen LogP contribution in [-0.4, -0.2) is 39.0 Å². The number of hydrogen-bond acceptors (Lipinski definition) is 4. The molecule has 0 spiro atoms. The molecule has 1 aliphatic rings.